The summed E-state index contributed by atoms with van der Waals surface area (Å²) in [6.07, 6.45) is 4.28. The van der Waals surface area contributed by atoms with E-state index in [0.29, 0.717) is 12.5 Å². The molecule has 1 aliphatic rings. The number of hydrogen-bond donors (Lipinski definition) is 1. The van der Waals surface area contributed by atoms with Gasteiger partial charge in [-0.1, -0.05) is 0 Å². The first-order valence-corrected chi connectivity index (χ1v) is 8.05. The quantitative estimate of drug-likeness (QED) is 0.742. The number of aliphatic hydroxyl groups excluding tert-OH is 1. The number of hydrogen-bond acceptors (Lipinski definition) is 4. The Morgan fingerprint density at radius 3 is 2.63 bits per heavy atom. The average molecular weight is 281 g/mol. The monoisotopic (exact) mass is 281 g/mol. The van der Waals surface area contributed by atoms with Gasteiger partial charge in [-0.15, -0.1) is 11.8 Å². The van der Waals surface area contributed by atoms with Crippen LogP contribution in [0.1, 0.15) is 12.8 Å². The number of thioether (sulfide) groups is 1. The van der Waals surface area contributed by atoms with Crippen molar-refractivity contribution in [3.63, 3.8) is 0 Å². The van der Waals surface area contributed by atoms with E-state index >= 15 is 0 Å². The van der Waals surface area contributed by atoms with Gasteiger partial charge in [0, 0.05) is 18.0 Å². The molecular formula is C15H23NO2S. The molecule has 0 aliphatic heterocycles. The Balaban J connectivity index is 1.64. The predicted octanol–water partition coefficient (Wildman–Crippen LogP) is 2.49. The molecule has 4 heteroatoms. The van der Waals surface area contributed by atoms with Gasteiger partial charge in [-0.2, -0.15) is 0 Å². The number of aliphatic hydroxyl groups is 1. The molecule has 1 aliphatic carbocycles. The third kappa shape index (κ3) is 5.05. The van der Waals surface area contributed by atoms with Crippen LogP contribution in [0.5, 0.6) is 5.75 Å². The zero-order chi connectivity index (χ0) is 13.7. The Bertz CT molecular complexity index is 378. The molecule has 19 heavy (non-hydrogen) atoms. The van der Waals surface area contributed by atoms with Crippen molar-refractivity contribution in [1.29, 1.82) is 0 Å². The van der Waals surface area contributed by atoms with Crippen LogP contribution in [-0.4, -0.2) is 49.1 Å². The smallest absolute Gasteiger partial charge is 0.119 e. The van der Waals surface area contributed by atoms with Gasteiger partial charge in [0.05, 0.1) is 6.10 Å². The second-order valence-corrected chi connectivity index (χ2v) is 6.07. The van der Waals surface area contributed by atoms with Crippen molar-refractivity contribution in [3.8, 4) is 5.75 Å². The second-order valence-electron chi connectivity index (χ2n) is 5.19. The zero-order valence-electron chi connectivity index (χ0n) is 11.7. The van der Waals surface area contributed by atoms with Crippen LogP contribution in [0, 0.1) is 5.92 Å². The molecule has 1 unspecified atom stereocenters. The molecule has 2 rings (SSSR count). The molecule has 0 bridgehead atoms. The first-order chi connectivity index (χ1) is 9.19. The van der Waals surface area contributed by atoms with E-state index in [4.69, 9.17) is 4.74 Å². The molecule has 0 amide bonds. The maximum absolute atomic E-state index is 9.85. The first-order valence-electron chi connectivity index (χ1n) is 6.82. The normalized spacial score (nSPS) is 16.6. The summed E-state index contributed by atoms with van der Waals surface area (Å²) in [4.78, 5) is 3.39. The highest BCUT2D eigenvalue weighted by Gasteiger charge is 2.30. The van der Waals surface area contributed by atoms with Crippen LogP contribution in [-0.2, 0) is 0 Å². The highest BCUT2D eigenvalue weighted by atomic mass is 32.2. The highest BCUT2D eigenvalue weighted by Crippen LogP contribution is 2.32. The van der Waals surface area contributed by atoms with Gasteiger partial charge in [0.25, 0.3) is 0 Å². The van der Waals surface area contributed by atoms with Gasteiger partial charge < -0.3 is 14.7 Å². The number of nitrogens with zero attached hydrogens (tertiary/aromatic N) is 1. The van der Waals surface area contributed by atoms with E-state index in [-0.39, 0.29) is 6.10 Å². The van der Waals surface area contributed by atoms with E-state index < -0.39 is 0 Å². The van der Waals surface area contributed by atoms with Crippen molar-refractivity contribution >= 4 is 11.8 Å². The number of rotatable bonds is 8. The van der Waals surface area contributed by atoms with Crippen molar-refractivity contribution in [2.24, 2.45) is 5.92 Å². The van der Waals surface area contributed by atoms with E-state index in [1.807, 2.05) is 19.2 Å². The van der Waals surface area contributed by atoms with Crippen LogP contribution < -0.4 is 4.74 Å². The van der Waals surface area contributed by atoms with Crippen molar-refractivity contribution in [1.82, 2.24) is 4.90 Å². The molecule has 0 radical (unpaired) electrons. The Kier molecular flexibility index (Phi) is 5.55. The molecule has 0 aromatic heterocycles. The molecule has 1 aromatic carbocycles. The van der Waals surface area contributed by atoms with E-state index in [9.17, 15) is 5.11 Å². The van der Waals surface area contributed by atoms with E-state index in [1.165, 1.54) is 17.7 Å². The van der Waals surface area contributed by atoms with Crippen molar-refractivity contribution < 1.29 is 9.84 Å². The Morgan fingerprint density at radius 2 is 2.05 bits per heavy atom. The predicted molar refractivity (Wildman–Crippen MR) is 79.9 cm³/mol. The molecule has 0 heterocycles. The molecule has 1 fully saturated rings. The molecule has 3 nitrogen and oxygen atoms in total. The zero-order valence-corrected chi connectivity index (χ0v) is 12.5. The largest absolute Gasteiger partial charge is 0.492 e. The summed E-state index contributed by atoms with van der Waals surface area (Å²) < 4.78 is 5.70. The molecule has 1 aromatic rings. The summed E-state index contributed by atoms with van der Waals surface area (Å²) in [6.45, 7) is 2.25. The van der Waals surface area contributed by atoms with Crippen molar-refractivity contribution in [3.05, 3.63) is 24.3 Å². The number of ether oxygens (including phenoxy) is 1. The fraction of sp³-hybridized carbons (Fsp3) is 0.600. The molecular weight excluding hydrogens is 258 g/mol. The maximum Gasteiger partial charge on any atom is 0.119 e. The van der Waals surface area contributed by atoms with E-state index in [1.54, 1.807) is 11.8 Å². The van der Waals surface area contributed by atoms with Crippen LogP contribution in [0.4, 0.5) is 0 Å². The first kappa shape index (κ1) is 14.7. The molecule has 0 saturated heterocycles. The average Bonchev–Trinajstić information content (AvgIpc) is 3.24. The molecule has 1 N–H and O–H groups in total. The van der Waals surface area contributed by atoms with Gasteiger partial charge in [0.2, 0.25) is 0 Å². The lowest BCUT2D eigenvalue weighted by molar-refractivity contribution is 0.0998. The Morgan fingerprint density at radius 1 is 1.37 bits per heavy atom. The Hall–Kier alpha value is -0.710. The molecule has 1 atom stereocenters. The standard InChI is InChI=1S/C15H23NO2S/c1-16(11-15(17)12-3-4-12)9-10-18-13-5-7-14(19-2)8-6-13/h5-8,12,15,17H,3-4,9-11H2,1-2H3. The van der Waals surface area contributed by atoms with Gasteiger partial charge >= 0.3 is 0 Å². The van der Waals surface area contributed by atoms with Crippen LogP contribution in [0.15, 0.2) is 29.2 Å². The molecule has 1 saturated carbocycles. The van der Waals surface area contributed by atoms with Crippen molar-refractivity contribution in [2.45, 2.75) is 23.8 Å². The summed E-state index contributed by atoms with van der Waals surface area (Å²) >= 11 is 1.73. The fourth-order valence-corrected chi connectivity index (χ4v) is 2.44. The lowest BCUT2D eigenvalue weighted by Gasteiger charge is -2.20. The van der Waals surface area contributed by atoms with Gasteiger partial charge in [-0.3, -0.25) is 0 Å². The molecule has 0 spiro atoms. The van der Waals surface area contributed by atoms with Crippen LogP contribution in [0.3, 0.4) is 0 Å². The van der Waals surface area contributed by atoms with Gasteiger partial charge in [0.1, 0.15) is 12.4 Å². The summed E-state index contributed by atoms with van der Waals surface area (Å²) in [7, 11) is 2.03. The third-order valence-corrected chi connectivity index (χ3v) is 4.21. The van der Waals surface area contributed by atoms with E-state index in [2.05, 4.69) is 23.3 Å². The van der Waals surface area contributed by atoms with Gasteiger partial charge in [-0.05, 0) is 56.3 Å². The summed E-state index contributed by atoms with van der Waals surface area (Å²) in [5.41, 5.74) is 0. The summed E-state index contributed by atoms with van der Waals surface area (Å²) in [6, 6.07) is 8.15. The minimum Gasteiger partial charge on any atom is -0.492 e. The molecule has 106 valence electrons. The van der Waals surface area contributed by atoms with Gasteiger partial charge in [0.15, 0.2) is 0 Å². The number of likely N-dealkylation sites (N-methyl/N-ethyl adjacent to an activating group) is 1. The SMILES string of the molecule is CSc1ccc(OCCN(C)CC(O)C2CC2)cc1. The lowest BCUT2D eigenvalue weighted by Crippen LogP contribution is -2.33. The minimum absolute atomic E-state index is 0.161. The van der Waals surface area contributed by atoms with Crippen LogP contribution in [0.25, 0.3) is 0 Å². The highest BCUT2D eigenvalue weighted by molar-refractivity contribution is 7.98. The Labute approximate surface area is 120 Å². The van der Waals surface area contributed by atoms with Gasteiger partial charge in [-0.25, -0.2) is 0 Å². The number of benzene rings is 1. The van der Waals surface area contributed by atoms with E-state index in [0.717, 1.165) is 18.8 Å². The maximum atomic E-state index is 9.85. The summed E-state index contributed by atoms with van der Waals surface area (Å²) in [5, 5.41) is 9.85. The van der Waals surface area contributed by atoms with Crippen LogP contribution in [0.2, 0.25) is 0 Å². The lowest BCUT2D eigenvalue weighted by atomic mass is 10.2. The van der Waals surface area contributed by atoms with Crippen molar-refractivity contribution in [2.75, 3.05) is 33.0 Å². The van der Waals surface area contributed by atoms with Crippen LogP contribution >= 0.6 is 11.8 Å². The third-order valence-electron chi connectivity index (χ3n) is 3.47. The fourth-order valence-electron chi connectivity index (χ4n) is 2.03. The minimum atomic E-state index is -0.161. The summed E-state index contributed by atoms with van der Waals surface area (Å²) in [5.74, 6) is 1.45. The topological polar surface area (TPSA) is 32.7 Å². The second kappa shape index (κ2) is 7.17.